The number of nitrogens with one attached hydrogen (secondary N) is 1. The molecule has 0 aliphatic heterocycles. The molecule has 54 valence electrons. The van der Waals surface area contributed by atoms with E-state index in [0.29, 0.717) is 4.60 Å². The Morgan fingerprint density at radius 3 is 2.60 bits per heavy atom. The predicted octanol–water partition coefficient (Wildman–Crippen LogP) is 2.04. The molecule has 0 bridgehead atoms. The van der Waals surface area contributed by atoms with Crippen LogP contribution in [0.3, 0.4) is 0 Å². The molecule has 0 fully saturated rings. The molecule has 0 unspecified atom stereocenters. The zero-order valence-corrected chi connectivity index (χ0v) is 7.79. The average molecular weight is 271 g/mol. The Kier molecular flexibility index (Phi) is 2.25. The number of hydrogen-bond donors (Lipinski definition) is 1. The summed E-state index contributed by atoms with van der Waals surface area (Å²) in [6.45, 7) is 0. The summed E-state index contributed by atoms with van der Waals surface area (Å²) in [5.41, 5.74) is -0.648. The SMILES string of the molecule is O=c1c(F)c[nH]c(Br)c1Br. The van der Waals surface area contributed by atoms with Crippen molar-refractivity contribution in [3.63, 3.8) is 0 Å². The molecule has 5 heteroatoms. The van der Waals surface area contributed by atoms with E-state index in [-0.39, 0.29) is 4.47 Å². The summed E-state index contributed by atoms with van der Waals surface area (Å²) in [6.07, 6.45) is 0.997. The number of halogens is 3. The first kappa shape index (κ1) is 7.94. The fourth-order valence-corrected chi connectivity index (χ4v) is 1.06. The fourth-order valence-electron chi connectivity index (χ4n) is 0.460. The van der Waals surface area contributed by atoms with E-state index in [4.69, 9.17) is 0 Å². The smallest absolute Gasteiger partial charge is 0.232 e. The maximum absolute atomic E-state index is 12.4. The Hall–Kier alpha value is -0.160. The van der Waals surface area contributed by atoms with Crippen LogP contribution in [0, 0.1) is 5.82 Å². The third kappa shape index (κ3) is 1.29. The maximum Gasteiger partial charge on any atom is 0.232 e. The largest absolute Gasteiger partial charge is 0.352 e. The van der Waals surface area contributed by atoms with Crippen molar-refractivity contribution in [3.8, 4) is 0 Å². The van der Waals surface area contributed by atoms with Crippen molar-refractivity contribution in [2.24, 2.45) is 0 Å². The summed E-state index contributed by atoms with van der Waals surface area (Å²) < 4.78 is 13.0. The Morgan fingerprint density at radius 2 is 2.10 bits per heavy atom. The highest BCUT2D eigenvalue weighted by atomic mass is 79.9. The van der Waals surface area contributed by atoms with Crippen molar-refractivity contribution in [2.45, 2.75) is 0 Å². The second-order valence-electron chi connectivity index (χ2n) is 1.59. The number of hydrogen-bond acceptors (Lipinski definition) is 1. The molecule has 10 heavy (non-hydrogen) atoms. The molecule has 0 amide bonds. The summed E-state index contributed by atoms with van der Waals surface area (Å²) in [4.78, 5) is 13.2. The number of H-pyrrole nitrogens is 1. The monoisotopic (exact) mass is 269 g/mol. The van der Waals surface area contributed by atoms with Gasteiger partial charge in [-0.15, -0.1) is 0 Å². The molecule has 1 rings (SSSR count). The highest BCUT2D eigenvalue weighted by Gasteiger charge is 2.04. The van der Waals surface area contributed by atoms with Crippen LogP contribution in [0.2, 0.25) is 0 Å². The third-order valence-corrected chi connectivity index (χ3v) is 2.85. The van der Waals surface area contributed by atoms with Gasteiger partial charge in [0.15, 0.2) is 5.82 Å². The van der Waals surface area contributed by atoms with Gasteiger partial charge < -0.3 is 4.98 Å². The van der Waals surface area contributed by atoms with Gasteiger partial charge in [-0.25, -0.2) is 4.39 Å². The van der Waals surface area contributed by atoms with Gasteiger partial charge >= 0.3 is 0 Å². The summed E-state index contributed by atoms with van der Waals surface area (Å²) in [7, 11) is 0. The Bertz CT molecular complexity index is 309. The molecule has 0 aliphatic rings. The van der Waals surface area contributed by atoms with E-state index in [1.54, 1.807) is 0 Å². The molecule has 1 heterocycles. The topological polar surface area (TPSA) is 32.9 Å². The van der Waals surface area contributed by atoms with Crippen molar-refractivity contribution in [2.75, 3.05) is 0 Å². The molecule has 0 atom stereocenters. The molecule has 1 aromatic rings. The molecule has 0 aliphatic carbocycles. The molecule has 0 radical (unpaired) electrons. The van der Waals surface area contributed by atoms with Gasteiger partial charge in [-0.05, 0) is 31.9 Å². The molecule has 0 saturated carbocycles. The second-order valence-corrected chi connectivity index (χ2v) is 3.18. The van der Waals surface area contributed by atoms with Crippen LogP contribution in [0.1, 0.15) is 0 Å². The van der Waals surface area contributed by atoms with Crippen LogP contribution >= 0.6 is 31.9 Å². The molecule has 0 spiro atoms. The van der Waals surface area contributed by atoms with Crippen LogP contribution in [0.15, 0.2) is 20.1 Å². The molecule has 0 aromatic carbocycles. The van der Waals surface area contributed by atoms with Crippen LogP contribution in [0.5, 0.6) is 0 Å². The minimum Gasteiger partial charge on any atom is -0.352 e. The van der Waals surface area contributed by atoms with Gasteiger partial charge in [0.05, 0.1) is 4.47 Å². The average Bonchev–Trinajstić information content (AvgIpc) is 1.93. The lowest BCUT2D eigenvalue weighted by Gasteiger charge is -1.92. The van der Waals surface area contributed by atoms with Crippen molar-refractivity contribution < 1.29 is 4.39 Å². The normalized spacial score (nSPS) is 9.90. The molecule has 1 N–H and O–H groups in total. The molecule has 1 aromatic heterocycles. The van der Waals surface area contributed by atoms with E-state index in [1.165, 1.54) is 0 Å². The molecular formula is C5H2Br2FNO. The maximum atomic E-state index is 12.4. The predicted molar refractivity (Wildman–Crippen MR) is 42.4 cm³/mol. The molecule has 2 nitrogen and oxygen atoms in total. The fraction of sp³-hybridized carbons (Fsp3) is 0. The van der Waals surface area contributed by atoms with Gasteiger partial charge in [0.2, 0.25) is 5.43 Å². The van der Waals surface area contributed by atoms with E-state index < -0.39 is 11.2 Å². The third-order valence-electron chi connectivity index (χ3n) is 0.935. The Labute approximate surface area is 72.7 Å². The summed E-state index contributed by atoms with van der Waals surface area (Å²) >= 11 is 5.91. The van der Waals surface area contributed by atoms with Crippen LogP contribution < -0.4 is 5.43 Å². The van der Waals surface area contributed by atoms with E-state index in [9.17, 15) is 9.18 Å². The van der Waals surface area contributed by atoms with Gasteiger partial charge in [-0.3, -0.25) is 4.79 Å². The first-order valence-electron chi connectivity index (χ1n) is 2.35. The lowest BCUT2D eigenvalue weighted by atomic mass is 10.5. The first-order chi connectivity index (χ1) is 4.63. The number of aromatic amines is 1. The van der Waals surface area contributed by atoms with Crippen molar-refractivity contribution in [1.29, 1.82) is 0 Å². The molecular weight excluding hydrogens is 269 g/mol. The first-order valence-corrected chi connectivity index (χ1v) is 3.93. The lowest BCUT2D eigenvalue weighted by Crippen LogP contribution is -2.07. The van der Waals surface area contributed by atoms with Crippen LogP contribution in [0.25, 0.3) is 0 Å². The van der Waals surface area contributed by atoms with E-state index in [2.05, 4.69) is 36.8 Å². The van der Waals surface area contributed by atoms with Crippen molar-refractivity contribution in [3.05, 3.63) is 31.3 Å². The van der Waals surface area contributed by atoms with E-state index in [0.717, 1.165) is 6.20 Å². The highest BCUT2D eigenvalue weighted by Crippen LogP contribution is 2.15. The minimum atomic E-state index is -0.796. The quantitative estimate of drug-likeness (QED) is 0.719. The zero-order chi connectivity index (χ0) is 7.72. The Balaban J connectivity index is 3.50. The number of rotatable bonds is 0. The number of pyridine rings is 1. The Morgan fingerprint density at radius 1 is 1.50 bits per heavy atom. The lowest BCUT2D eigenvalue weighted by molar-refractivity contribution is 0.608. The van der Waals surface area contributed by atoms with Crippen molar-refractivity contribution >= 4 is 31.9 Å². The summed E-state index contributed by atoms with van der Waals surface area (Å²) in [5, 5.41) is 0. The number of aromatic nitrogens is 1. The van der Waals surface area contributed by atoms with E-state index in [1.807, 2.05) is 0 Å². The van der Waals surface area contributed by atoms with E-state index >= 15 is 0 Å². The summed E-state index contributed by atoms with van der Waals surface area (Å²) in [6, 6.07) is 0. The van der Waals surface area contributed by atoms with Gasteiger partial charge in [0.1, 0.15) is 4.60 Å². The van der Waals surface area contributed by atoms with Crippen LogP contribution in [-0.2, 0) is 0 Å². The van der Waals surface area contributed by atoms with Gasteiger partial charge in [-0.1, -0.05) is 0 Å². The van der Waals surface area contributed by atoms with Crippen molar-refractivity contribution in [1.82, 2.24) is 4.98 Å². The zero-order valence-electron chi connectivity index (χ0n) is 4.62. The van der Waals surface area contributed by atoms with Gasteiger partial charge in [0, 0.05) is 6.20 Å². The molecule has 0 saturated heterocycles. The highest BCUT2D eigenvalue weighted by molar-refractivity contribution is 9.13. The van der Waals surface area contributed by atoms with Crippen LogP contribution in [-0.4, -0.2) is 4.98 Å². The van der Waals surface area contributed by atoms with Gasteiger partial charge in [-0.2, -0.15) is 0 Å². The minimum absolute atomic E-state index is 0.174. The standard InChI is InChI=1S/C5H2Br2FNO/c6-3-4(10)2(8)1-9-5(3)7/h1H,(H,9,10). The van der Waals surface area contributed by atoms with Gasteiger partial charge in [0.25, 0.3) is 0 Å². The second kappa shape index (κ2) is 2.84. The van der Waals surface area contributed by atoms with Crippen LogP contribution in [0.4, 0.5) is 4.39 Å². The summed E-state index contributed by atoms with van der Waals surface area (Å²) in [5.74, 6) is -0.796.